The van der Waals surface area contributed by atoms with Gasteiger partial charge in [-0.2, -0.15) is 0 Å². The smallest absolute Gasteiger partial charge is 0.223 e. The van der Waals surface area contributed by atoms with Crippen molar-refractivity contribution in [3.05, 3.63) is 35.4 Å². The predicted octanol–water partition coefficient (Wildman–Crippen LogP) is 2.56. The fourth-order valence-electron chi connectivity index (χ4n) is 2.66. The first-order valence-electron chi connectivity index (χ1n) is 7.03. The number of amides is 1. The van der Waals surface area contributed by atoms with Crippen LogP contribution in [-0.2, 0) is 16.0 Å². The third-order valence-electron chi connectivity index (χ3n) is 3.48. The topological polar surface area (TPSA) is 29.5 Å². The molecular weight excluding hydrogens is 238 g/mol. The van der Waals surface area contributed by atoms with Gasteiger partial charge in [0.05, 0.1) is 12.2 Å². The van der Waals surface area contributed by atoms with Crippen molar-refractivity contribution in [2.24, 2.45) is 0 Å². The number of rotatable bonds is 3. The fraction of sp³-hybridized carbons (Fsp3) is 0.562. The second-order valence-corrected chi connectivity index (χ2v) is 5.55. The molecule has 3 heteroatoms. The molecule has 1 amide bonds. The summed E-state index contributed by atoms with van der Waals surface area (Å²) in [6.45, 7) is 7.57. The van der Waals surface area contributed by atoms with Crippen molar-refractivity contribution >= 4 is 5.91 Å². The Balaban J connectivity index is 1.87. The van der Waals surface area contributed by atoms with E-state index in [1.807, 2.05) is 24.8 Å². The van der Waals surface area contributed by atoms with Crippen molar-refractivity contribution in [3.63, 3.8) is 0 Å². The molecule has 2 rings (SSSR count). The summed E-state index contributed by atoms with van der Waals surface area (Å²) in [5.41, 5.74) is 2.49. The van der Waals surface area contributed by atoms with Crippen LogP contribution in [0.25, 0.3) is 0 Å². The molecule has 1 aliphatic rings. The number of aryl methyl sites for hydroxylation is 2. The summed E-state index contributed by atoms with van der Waals surface area (Å²) in [7, 11) is 0. The van der Waals surface area contributed by atoms with E-state index in [-0.39, 0.29) is 18.1 Å². The summed E-state index contributed by atoms with van der Waals surface area (Å²) in [6.07, 6.45) is 1.70. The molecule has 1 aromatic rings. The fourth-order valence-corrected chi connectivity index (χ4v) is 2.66. The van der Waals surface area contributed by atoms with E-state index < -0.39 is 0 Å². The first kappa shape index (κ1) is 14.1. The number of morpholine rings is 1. The number of nitrogens with zero attached hydrogens (tertiary/aromatic N) is 1. The Morgan fingerprint density at radius 1 is 1.32 bits per heavy atom. The Bertz CT molecular complexity index is 434. The molecule has 19 heavy (non-hydrogen) atoms. The van der Waals surface area contributed by atoms with E-state index in [4.69, 9.17) is 4.74 Å². The van der Waals surface area contributed by atoms with Gasteiger partial charge in [-0.1, -0.05) is 29.8 Å². The van der Waals surface area contributed by atoms with Crippen LogP contribution in [-0.4, -0.2) is 36.1 Å². The minimum atomic E-state index is 0.145. The molecule has 0 spiro atoms. The molecule has 1 aliphatic heterocycles. The summed E-state index contributed by atoms with van der Waals surface area (Å²) in [4.78, 5) is 14.2. The zero-order valence-electron chi connectivity index (χ0n) is 12.1. The first-order valence-corrected chi connectivity index (χ1v) is 7.03. The maximum absolute atomic E-state index is 12.2. The summed E-state index contributed by atoms with van der Waals surface area (Å²) in [5, 5.41) is 0. The van der Waals surface area contributed by atoms with Crippen LogP contribution in [0.3, 0.4) is 0 Å². The maximum atomic E-state index is 12.2. The SMILES string of the molecule is Cc1cccc(CCC(=O)N2CC(C)OC(C)C2)c1. The second-order valence-electron chi connectivity index (χ2n) is 5.55. The van der Waals surface area contributed by atoms with E-state index in [0.29, 0.717) is 6.42 Å². The molecule has 0 bridgehead atoms. The highest BCUT2D eigenvalue weighted by molar-refractivity contribution is 5.76. The van der Waals surface area contributed by atoms with Crippen LogP contribution in [0.1, 0.15) is 31.4 Å². The van der Waals surface area contributed by atoms with Gasteiger partial charge < -0.3 is 9.64 Å². The third-order valence-corrected chi connectivity index (χ3v) is 3.48. The van der Waals surface area contributed by atoms with Gasteiger partial charge in [0.2, 0.25) is 5.91 Å². The van der Waals surface area contributed by atoms with Crippen molar-refractivity contribution in [1.29, 1.82) is 0 Å². The Morgan fingerprint density at radius 2 is 2.00 bits per heavy atom. The van der Waals surface area contributed by atoms with E-state index in [0.717, 1.165) is 19.5 Å². The van der Waals surface area contributed by atoms with Crippen molar-refractivity contribution in [2.75, 3.05) is 13.1 Å². The van der Waals surface area contributed by atoms with Crippen LogP contribution in [0.5, 0.6) is 0 Å². The standard InChI is InChI=1S/C16H23NO2/c1-12-5-4-6-15(9-12)7-8-16(18)17-10-13(2)19-14(3)11-17/h4-6,9,13-14H,7-8,10-11H2,1-3H3. The Labute approximate surface area is 115 Å². The number of hydrogen-bond acceptors (Lipinski definition) is 2. The maximum Gasteiger partial charge on any atom is 0.223 e. The van der Waals surface area contributed by atoms with Crippen molar-refractivity contribution < 1.29 is 9.53 Å². The molecule has 1 aromatic carbocycles. The highest BCUT2D eigenvalue weighted by atomic mass is 16.5. The zero-order valence-corrected chi connectivity index (χ0v) is 12.1. The van der Waals surface area contributed by atoms with Gasteiger partial charge in [-0.25, -0.2) is 0 Å². The van der Waals surface area contributed by atoms with Crippen molar-refractivity contribution in [2.45, 2.75) is 45.8 Å². The monoisotopic (exact) mass is 261 g/mol. The van der Waals surface area contributed by atoms with Crippen LogP contribution in [0.15, 0.2) is 24.3 Å². The molecule has 0 aromatic heterocycles. The van der Waals surface area contributed by atoms with Gasteiger partial charge in [-0.15, -0.1) is 0 Å². The highest BCUT2D eigenvalue weighted by Gasteiger charge is 2.25. The van der Waals surface area contributed by atoms with Crippen molar-refractivity contribution in [3.8, 4) is 0 Å². The minimum absolute atomic E-state index is 0.145. The molecule has 1 fully saturated rings. The normalized spacial score (nSPS) is 23.4. The largest absolute Gasteiger partial charge is 0.372 e. The quantitative estimate of drug-likeness (QED) is 0.837. The van der Waals surface area contributed by atoms with Crippen LogP contribution in [0.2, 0.25) is 0 Å². The first-order chi connectivity index (χ1) is 9.04. The van der Waals surface area contributed by atoms with Crippen LogP contribution in [0.4, 0.5) is 0 Å². The number of carbonyl (C=O) groups excluding carboxylic acids is 1. The molecule has 104 valence electrons. The zero-order chi connectivity index (χ0) is 13.8. The highest BCUT2D eigenvalue weighted by Crippen LogP contribution is 2.13. The van der Waals surface area contributed by atoms with E-state index >= 15 is 0 Å². The van der Waals surface area contributed by atoms with Crippen molar-refractivity contribution in [1.82, 2.24) is 4.90 Å². The van der Waals surface area contributed by atoms with Crippen LogP contribution in [0, 0.1) is 6.92 Å². The molecule has 0 N–H and O–H groups in total. The average molecular weight is 261 g/mol. The lowest BCUT2D eigenvalue weighted by Gasteiger charge is -2.35. The van der Waals surface area contributed by atoms with Crippen LogP contribution >= 0.6 is 0 Å². The van der Waals surface area contributed by atoms with E-state index in [2.05, 4.69) is 25.1 Å². The number of carbonyl (C=O) groups is 1. The van der Waals surface area contributed by atoms with E-state index in [1.165, 1.54) is 11.1 Å². The summed E-state index contributed by atoms with van der Waals surface area (Å²) in [6, 6.07) is 8.37. The van der Waals surface area contributed by atoms with Gasteiger partial charge >= 0.3 is 0 Å². The van der Waals surface area contributed by atoms with E-state index in [9.17, 15) is 4.79 Å². The lowest BCUT2D eigenvalue weighted by Crippen LogP contribution is -2.48. The molecule has 1 heterocycles. The molecule has 2 unspecified atom stereocenters. The van der Waals surface area contributed by atoms with Gasteiger partial charge in [0.1, 0.15) is 0 Å². The third kappa shape index (κ3) is 4.06. The lowest BCUT2D eigenvalue weighted by molar-refractivity contribution is -0.143. The van der Waals surface area contributed by atoms with Crippen LogP contribution < -0.4 is 0 Å². The lowest BCUT2D eigenvalue weighted by atomic mass is 10.1. The molecule has 1 saturated heterocycles. The molecule has 0 radical (unpaired) electrons. The van der Waals surface area contributed by atoms with Gasteiger partial charge in [0, 0.05) is 19.5 Å². The van der Waals surface area contributed by atoms with Gasteiger partial charge in [0.15, 0.2) is 0 Å². The summed E-state index contributed by atoms with van der Waals surface area (Å²) < 4.78 is 5.65. The summed E-state index contributed by atoms with van der Waals surface area (Å²) in [5.74, 6) is 0.239. The molecule has 0 saturated carbocycles. The second kappa shape index (κ2) is 6.20. The number of benzene rings is 1. The average Bonchev–Trinajstić information content (AvgIpc) is 2.35. The van der Waals surface area contributed by atoms with Gasteiger partial charge in [-0.05, 0) is 32.8 Å². The molecule has 2 atom stereocenters. The number of hydrogen-bond donors (Lipinski definition) is 0. The molecule has 0 aliphatic carbocycles. The Kier molecular flexibility index (Phi) is 4.59. The van der Waals surface area contributed by atoms with Gasteiger partial charge in [0.25, 0.3) is 0 Å². The van der Waals surface area contributed by atoms with E-state index in [1.54, 1.807) is 0 Å². The van der Waals surface area contributed by atoms with Gasteiger partial charge in [-0.3, -0.25) is 4.79 Å². The molecular formula is C16H23NO2. The predicted molar refractivity (Wildman–Crippen MR) is 76.1 cm³/mol. The Morgan fingerprint density at radius 3 is 2.63 bits per heavy atom. The summed E-state index contributed by atoms with van der Waals surface area (Å²) >= 11 is 0. The molecule has 3 nitrogen and oxygen atoms in total. The Hall–Kier alpha value is -1.35. The number of ether oxygens (including phenoxy) is 1. The minimum Gasteiger partial charge on any atom is -0.372 e.